The maximum absolute atomic E-state index is 14.3. The molecule has 5 rings (SSSR count). The second-order valence-electron chi connectivity index (χ2n) is 12.8. The van der Waals surface area contributed by atoms with Crippen molar-refractivity contribution in [3.8, 4) is 23.7 Å². The largest absolute Gasteiger partial charge is 0.322 e. The van der Waals surface area contributed by atoms with Gasteiger partial charge < -0.3 is 9.80 Å². The van der Waals surface area contributed by atoms with Gasteiger partial charge in [0, 0.05) is 11.1 Å². The van der Waals surface area contributed by atoms with Gasteiger partial charge in [0.1, 0.15) is 12.1 Å². The molecule has 2 aromatic rings. The maximum Gasteiger partial charge on any atom is 0.246 e. The van der Waals surface area contributed by atoms with Gasteiger partial charge in [-0.05, 0) is 101 Å². The molecule has 0 bridgehead atoms. The third-order valence-corrected chi connectivity index (χ3v) is 8.98. The van der Waals surface area contributed by atoms with Crippen molar-refractivity contribution < 1.29 is 9.59 Å². The number of carbonyl (C=O) groups excluding carboxylic acids is 2. The molecule has 2 aromatic carbocycles. The minimum Gasteiger partial charge on any atom is -0.322 e. The summed E-state index contributed by atoms with van der Waals surface area (Å²) in [5, 5.41) is 0. The van der Waals surface area contributed by atoms with Crippen LogP contribution in [0.5, 0.6) is 0 Å². The molecule has 0 saturated carbocycles. The molecule has 42 heavy (non-hydrogen) atoms. The summed E-state index contributed by atoms with van der Waals surface area (Å²) < 4.78 is 0. The number of benzene rings is 2. The van der Waals surface area contributed by atoms with Gasteiger partial charge in [-0.2, -0.15) is 0 Å². The van der Waals surface area contributed by atoms with Crippen LogP contribution < -0.4 is 0 Å². The molecular formula is C36H44N4O2. The first kappa shape index (κ1) is 29.9. The third kappa shape index (κ3) is 6.12. The van der Waals surface area contributed by atoms with Crippen LogP contribution in [0.2, 0.25) is 0 Å². The third-order valence-electron chi connectivity index (χ3n) is 8.98. The Balaban J connectivity index is 1.41. The Morgan fingerprint density at radius 3 is 1.31 bits per heavy atom. The Hall–Kier alpha value is -3.58. The first-order valence-corrected chi connectivity index (χ1v) is 15.3. The smallest absolute Gasteiger partial charge is 0.246 e. The highest BCUT2D eigenvalue weighted by Crippen LogP contribution is 2.47. The molecule has 3 aliphatic heterocycles. The highest BCUT2D eigenvalue weighted by molar-refractivity contribution is 5.98. The van der Waals surface area contributed by atoms with Crippen molar-refractivity contribution in [3.05, 3.63) is 70.8 Å². The van der Waals surface area contributed by atoms with Gasteiger partial charge in [-0.1, -0.05) is 61.8 Å². The molecule has 6 heteroatoms. The molecule has 3 heterocycles. The molecule has 220 valence electrons. The van der Waals surface area contributed by atoms with Gasteiger partial charge in [0.25, 0.3) is 0 Å². The van der Waals surface area contributed by atoms with Gasteiger partial charge in [-0.15, -0.1) is 0 Å². The van der Waals surface area contributed by atoms with E-state index in [-0.39, 0.29) is 35.7 Å². The van der Waals surface area contributed by atoms with Crippen molar-refractivity contribution in [2.24, 2.45) is 11.8 Å². The van der Waals surface area contributed by atoms with Crippen molar-refractivity contribution in [1.82, 2.24) is 19.6 Å². The minimum atomic E-state index is -0.418. The molecule has 0 aliphatic carbocycles. The SMILES string of the molecule is C[C@H]1CC[C@H]2C(=O)N3[C@H](c4ccc(C#CCN(C)C)cc4)[C@@H](C)CC[C@H]3C(=O)N2[C@@H]1c1ccc(C#CCN(C)C)cc1. The molecule has 0 spiro atoms. The van der Waals surface area contributed by atoms with E-state index in [1.54, 1.807) is 0 Å². The van der Waals surface area contributed by atoms with Crippen molar-refractivity contribution in [2.75, 3.05) is 41.3 Å². The number of fused-ring (bicyclic) bond motifs is 2. The van der Waals surface area contributed by atoms with Crippen molar-refractivity contribution in [2.45, 2.75) is 63.7 Å². The molecule has 6 atom stereocenters. The van der Waals surface area contributed by atoms with E-state index in [1.807, 2.05) is 72.1 Å². The lowest BCUT2D eigenvalue weighted by atomic mass is 9.76. The van der Waals surface area contributed by atoms with E-state index < -0.39 is 12.1 Å². The zero-order valence-corrected chi connectivity index (χ0v) is 25.9. The Kier molecular flexibility index (Phi) is 9.07. The maximum atomic E-state index is 14.3. The van der Waals surface area contributed by atoms with Crippen LogP contribution in [0.1, 0.15) is 73.9 Å². The molecular weight excluding hydrogens is 520 g/mol. The van der Waals surface area contributed by atoms with Crippen LogP contribution in [0, 0.1) is 35.5 Å². The predicted octanol–water partition coefficient (Wildman–Crippen LogP) is 4.56. The Morgan fingerprint density at radius 2 is 0.976 bits per heavy atom. The quantitative estimate of drug-likeness (QED) is 0.511. The van der Waals surface area contributed by atoms with Crippen molar-refractivity contribution in [1.29, 1.82) is 0 Å². The standard InChI is InChI=1S/C36H44N4O2/c1-25-11-21-31-36(42)40-32(22-12-26(2)34(40)30-19-15-28(16-20-30)10-8-24-38(5)6)35(41)39(31)33(25)29-17-13-27(14-18-29)9-7-23-37(3)4/h13-20,25-26,31-34H,11-12,21-24H2,1-6H3/t25-,26-,31-,32-,33-,34-/m0/s1. The Morgan fingerprint density at radius 1 is 0.619 bits per heavy atom. The van der Waals surface area contributed by atoms with E-state index in [1.165, 1.54) is 0 Å². The zero-order chi connectivity index (χ0) is 30.0. The van der Waals surface area contributed by atoms with E-state index in [9.17, 15) is 9.59 Å². The summed E-state index contributed by atoms with van der Waals surface area (Å²) >= 11 is 0. The molecule has 0 aromatic heterocycles. The first-order chi connectivity index (χ1) is 20.2. The number of hydrogen-bond donors (Lipinski definition) is 0. The van der Waals surface area contributed by atoms with Crippen LogP contribution in [0.15, 0.2) is 48.5 Å². The molecule has 0 N–H and O–H groups in total. The highest BCUT2D eigenvalue weighted by Gasteiger charge is 2.55. The van der Waals surface area contributed by atoms with Gasteiger partial charge in [0.05, 0.1) is 25.2 Å². The van der Waals surface area contributed by atoms with Crippen LogP contribution in [0.4, 0.5) is 0 Å². The lowest BCUT2D eigenvalue weighted by molar-refractivity contribution is -0.177. The van der Waals surface area contributed by atoms with E-state index in [0.29, 0.717) is 25.9 Å². The van der Waals surface area contributed by atoms with Gasteiger partial charge in [0.15, 0.2) is 0 Å². The second kappa shape index (κ2) is 12.7. The molecule has 0 unspecified atom stereocenters. The molecule has 0 radical (unpaired) electrons. The summed E-state index contributed by atoms with van der Waals surface area (Å²) in [5.41, 5.74) is 4.11. The van der Waals surface area contributed by atoms with Crippen LogP contribution in [-0.2, 0) is 9.59 Å². The van der Waals surface area contributed by atoms with Gasteiger partial charge in [-0.3, -0.25) is 19.4 Å². The lowest BCUT2D eigenvalue weighted by Gasteiger charge is -2.56. The molecule has 2 amide bonds. The number of piperidine rings is 2. The second-order valence-corrected chi connectivity index (χ2v) is 12.8. The number of nitrogens with zero attached hydrogens (tertiary/aromatic N) is 4. The summed E-state index contributed by atoms with van der Waals surface area (Å²) in [6.45, 7) is 5.84. The lowest BCUT2D eigenvalue weighted by Crippen LogP contribution is -2.69. The van der Waals surface area contributed by atoms with Crippen LogP contribution in [0.3, 0.4) is 0 Å². The van der Waals surface area contributed by atoms with E-state index in [4.69, 9.17) is 0 Å². The summed E-state index contributed by atoms with van der Waals surface area (Å²) in [4.78, 5) is 36.7. The Bertz CT molecular complexity index is 1300. The molecule has 6 nitrogen and oxygen atoms in total. The normalized spacial score (nSPS) is 27.1. The van der Waals surface area contributed by atoms with Gasteiger partial charge in [-0.25, -0.2) is 0 Å². The number of piperazine rings is 1. The number of amides is 2. The predicted molar refractivity (Wildman–Crippen MR) is 167 cm³/mol. The van der Waals surface area contributed by atoms with Crippen molar-refractivity contribution in [3.63, 3.8) is 0 Å². The molecule has 3 saturated heterocycles. The fraction of sp³-hybridized carbons (Fsp3) is 0.500. The zero-order valence-electron chi connectivity index (χ0n) is 25.9. The average Bonchev–Trinajstić information content (AvgIpc) is 2.96. The minimum absolute atomic E-state index is 0.106. The van der Waals surface area contributed by atoms with E-state index in [0.717, 1.165) is 35.1 Å². The van der Waals surface area contributed by atoms with E-state index >= 15 is 0 Å². The summed E-state index contributed by atoms with van der Waals surface area (Å²) in [6.07, 6.45) is 3.24. The van der Waals surface area contributed by atoms with E-state index in [2.05, 4.69) is 61.8 Å². The summed E-state index contributed by atoms with van der Waals surface area (Å²) in [7, 11) is 8.02. The van der Waals surface area contributed by atoms with Crippen LogP contribution >= 0.6 is 0 Å². The average molecular weight is 565 g/mol. The monoisotopic (exact) mass is 564 g/mol. The van der Waals surface area contributed by atoms with Crippen LogP contribution in [-0.4, -0.2) is 84.8 Å². The van der Waals surface area contributed by atoms with Gasteiger partial charge >= 0.3 is 0 Å². The van der Waals surface area contributed by atoms with Crippen LogP contribution in [0.25, 0.3) is 0 Å². The fourth-order valence-electron chi connectivity index (χ4n) is 6.89. The number of carbonyl (C=O) groups is 2. The summed E-state index contributed by atoms with van der Waals surface area (Å²) in [5.74, 6) is 13.6. The molecule has 3 aliphatic rings. The first-order valence-electron chi connectivity index (χ1n) is 15.3. The van der Waals surface area contributed by atoms with Crippen molar-refractivity contribution >= 4 is 11.8 Å². The Labute approximate surface area is 252 Å². The number of rotatable bonds is 4. The van der Waals surface area contributed by atoms with Gasteiger partial charge in [0.2, 0.25) is 11.8 Å². The number of hydrogen-bond acceptors (Lipinski definition) is 4. The summed E-state index contributed by atoms with van der Waals surface area (Å²) in [6, 6.07) is 15.5. The highest BCUT2D eigenvalue weighted by atomic mass is 16.2. The molecule has 3 fully saturated rings. The topological polar surface area (TPSA) is 47.1 Å². The fourth-order valence-corrected chi connectivity index (χ4v) is 6.89.